The molecule has 36 heavy (non-hydrogen) atoms. The van der Waals surface area contributed by atoms with Crippen molar-refractivity contribution in [3.8, 4) is 0 Å². The highest BCUT2D eigenvalue weighted by molar-refractivity contribution is 7.89. The van der Waals surface area contributed by atoms with Crippen molar-refractivity contribution in [1.82, 2.24) is 14.5 Å². The molecule has 0 spiro atoms. The zero-order valence-corrected chi connectivity index (χ0v) is 23.0. The van der Waals surface area contributed by atoms with E-state index in [1.165, 1.54) is 0 Å². The molecular formula is C25H30Cl3N3O4S. The molecule has 3 atom stereocenters. The molecule has 196 valence electrons. The van der Waals surface area contributed by atoms with E-state index in [4.69, 9.17) is 34.8 Å². The number of hydrogen-bond acceptors (Lipinski definition) is 5. The zero-order chi connectivity index (χ0) is 26.1. The van der Waals surface area contributed by atoms with Crippen LogP contribution in [-0.4, -0.2) is 73.2 Å². The summed E-state index contributed by atoms with van der Waals surface area (Å²) in [7, 11) is -3.14. The monoisotopic (exact) mass is 573 g/mol. The van der Waals surface area contributed by atoms with Gasteiger partial charge in [0.05, 0.1) is 33.9 Å². The molecule has 11 heteroatoms. The predicted molar refractivity (Wildman–Crippen MR) is 143 cm³/mol. The Labute approximate surface area is 227 Å². The Bertz CT molecular complexity index is 1210. The smallest absolute Gasteiger partial charge is 0.230 e. The first kappa shape index (κ1) is 27.6. The third-order valence-electron chi connectivity index (χ3n) is 7.33. The molecule has 2 aliphatic heterocycles. The van der Waals surface area contributed by atoms with Gasteiger partial charge in [-0.25, -0.2) is 8.42 Å². The van der Waals surface area contributed by atoms with Gasteiger partial charge in [0.2, 0.25) is 15.9 Å². The third kappa shape index (κ3) is 5.85. The number of amides is 1. The number of benzene rings is 2. The van der Waals surface area contributed by atoms with E-state index in [9.17, 15) is 18.3 Å². The third-order valence-corrected chi connectivity index (χ3v) is 10.3. The van der Waals surface area contributed by atoms with Crippen molar-refractivity contribution in [3.05, 3.63) is 68.7 Å². The fourth-order valence-corrected chi connectivity index (χ4v) is 7.18. The van der Waals surface area contributed by atoms with Gasteiger partial charge in [-0.05, 0) is 61.7 Å². The molecule has 2 heterocycles. The highest BCUT2D eigenvalue weighted by Gasteiger charge is 2.42. The number of rotatable bonds is 8. The molecule has 0 bridgehead atoms. The van der Waals surface area contributed by atoms with Gasteiger partial charge in [0.1, 0.15) is 0 Å². The van der Waals surface area contributed by atoms with Gasteiger partial charge < -0.3 is 15.3 Å². The van der Waals surface area contributed by atoms with Crippen molar-refractivity contribution in [3.63, 3.8) is 0 Å². The summed E-state index contributed by atoms with van der Waals surface area (Å²) in [5.41, 5.74) is 0.474. The number of carbonyl (C=O) groups excluding carboxylic acids is 1. The molecule has 2 aromatic rings. The van der Waals surface area contributed by atoms with E-state index in [-0.39, 0.29) is 24.3 Å². The Morgan fingerprint density at radius 2 is 1.86 bits per heavy atom. The molecule has 0 saturated carbocycles. The second kappa shape index (κ2) is 11.2. The summed E-state index contributed by atoms with van der Waals surface area (Å²) >= 11 is 18.5. The second-order valence-electron chi connectivity index (χ2n) is 9.64. The molecule has 2 aliphatic rings. The van der Waals surface area contributed by atoms with Crippen LogP contribution < -0.4 is 5.32 Å². The van der Waals surface area contributed by atoms with E-state index in [1.807, 2.05) is 6.92 Å². The van der Waals surface area contributed by atoms with Gasteiger partial charge in [-0.3, -0.25) is 4.79 Å². The second-order valence-corrected chi connectivity index (χ2v) is 12.9. The fourth-order valence-electron chi connectivity index (χ4n) is 4.97. The molecule has 2 unspecified atom stereocenters. The standard InChI is InChI=1S/C25H30Cl3N3O4S/c1-25(18-4-7-21(27)22(28)14-18,24(33)29-23(16-32)17-2-5-19(26)6-3-17)9-10-30-11-12-31-20(15-30)8-13-36(31,34)35/h2-7,14,20,23,32H,8-13,15-16H2,1H3,(H,29,33)/t20?,23-,25?/m0/s1. The number of fused-ring (bicyclic) bond motifs is 1. The molecule has 0 aromatic heterocycles. The van der Waals surface area contributed by atoms with Crippen molar-refractivity contribution in [2.24, 2.45) is 0 Å². The summed E-state index contributed by atoms with van der Waals surface area (Å²) in [6.07, 6.45) is 1.09. The number of carbonyl (C=O) groups is 1. The summed E-state index contributed by atoms with van der Waals surface area (Å²) < 4.78 is 26.1. The molecule has 0 radical (unpaired) electrons. The van der Waals surface area contributed by atoms with Crippen LogP contribution in [0.15, 0.2) is 42.5 Å². The lowest BCUT2D eigenvalue weighted by Crippen LogP contribution is -2.53. The molecule has 2 aromatic carbocycles. The highest BCUT2D eigenvalue weighted by atomic mass is 35.5. The number of nitrogens with one attached hydrogen (secondary N) is 1. The lowest BCUT2D eigenvalue weighted by Gasteiger charge is -2.38. The molecule has 2 saturated heterocycles. The van der Waals surface area contributed by atoms with Crippen LogP contribution in [0.1, 0.15) is 36.9 Å². The van der Waals surface area contributed by atoms with Crippen molar-refractivity contribution < 1.29 is 18.3 Å². The maximum absolute atomic E-state index is 13.8. The van der Waals surface area contributed by atoms with Gasteiger partial charge in [-0.15, -0.1) is 0 Å². The summed E-state index contributed by atoms with van der Waals surface area (Å²) in [6.45, 7) is 3.89. The Balaban J connectivity index is 1.54. The first-order valence-corrected chi connectivity index (χ1v) is 14.6. The van der Waals surface area contributed by atoms with Gasteiger partial charge in [0, 0.05) is 30.7 Å². The first-order valence-electron chi connectivity index (χ1n) is 11.9. The first-order chi connectivity index (χ1) is 17.0. The molecule has 7 nitrogen and oxygen atoms in total. The largest absolute Gasteiger partial charge is 0.394 e. The van der Waals surface area contributed by atoms with Crippen LogP contribution in [0.4, 0.5) is 0 Å². The average molecular weight is 575 g/mol. The molecular weight excluding hydrogens is 545 g/mol. The van der Waals surface area contributed by atoms with Crippen molar-refractivity contribution in [2.75, 3.05) is 38.5 Å². The zero-order valence-electron chi connectivity index (χ0n) is 20.0. The fraction of sp³-hybridized carbons (Fsp3) is 0.480. The highest BCUT2D eigenvalue weighted by Crippen LogP contribution is 2.35. The van der Waals surface area contributed by atoms with Crippen molar-refractivity contribution in [1.29, 1.82) is 0 Å². The van der Waals surface area contributed by atoms with Gasteiger partial charge in [0.25, 0.3) is 0 Å². The number of halogens is 3. The van der Waals surface area contributed by atoms with Crippen LogP contribution in [0.25, 0.3) is 0 Å². The molecule has 1 amide bonds. The SMILES string of the molecule is CC(CCN1CCN2C(CCS2(=O)=O)C1)(C(=O)N[C@@H](CO)c1ccc(Cl)cc1)c1ccc(Cl)c(Cl)c1. The van der Waals surface area contributed by atoms with Crippen LogP contribution in [0.2, 0.25) is 15.1 Å². The number of sulfonamides is 1. The Kier molecular flexibility index (Phi) is 8.56. The van der Waals surface area contributed by atoms with Gasteiger partial charge >= 0.3 is 0 Å². The van der Waals surface area contributed by atoms with E-state index in [2.05, 4.69) is 10.2 Å². The van der Waals surface area contributed by atoms with E-state index >= 15 is 0 Å². The van der Waals surface area contributed by atoms with Gasteiger partial charge in [-0.2, -0.15) is 4.31 Å². The van der Waals surface area contributed by atoms with Crippen molar-refractivity contribution >= 4 is 50.7 Å². The van der Waals surface area contributed by atoms with Crippen LogP contribution in [-0.2, 0) is 20.2 Å². The Hall–Kier alpha value is -1.39. The van der Waals surface area contributed by atoms with Gasteiger partial charge in [0.15, 0.2) is 0 Å². The lowest BCUT2D eigenvalue weighted by molar-refractivity contribution is -0.127. The summed E-state index contributed by atoms with van der Waals surface area (Å²) in [5, 5.41) is 14.3. The summed E-state index contributed by atoms with van der Waals surface area (Å²) in [5.74, 6) is -0.0562. The maximum Gasteiger partial charge on any atom is 0.230 e. The normalized spacial score (nSPS) is 22.5. The quantitative estimate of drug-likeness (QED) is 0.500. The van der Waals surface area contributed by atoms with E-state index < -0.39 is 21.5 Å². The lowest BCUT2D eigenvalue weighted by atomic mass is 9.78. The molecule has 2 N–H and O–H groups in total. The van der Waals surface area contributed by atoms with Crippen LogP contribution in [0.5, 0.6) is 0 Å². The number of aliphatic hydroxyl groups is 1. The van der Waals surface area contributed by atoms with Crippen LogP contribution in [0, 0.1) is 0 Å². The van der Waals surface area contributed by atoms with Crippen LogP contribution >= 0.6 is 34.8 Å². The van der Waals surface area contributed by atoms with E-state index in [1.54, 1.807) is 46.8 Å². The predicted octanol–water partition coefficient (Wildman–Crippen LogP) is 3.86. The van der Waals surface area contributed by atoms with Crippen molar-refractivity contribution in [2.45, 2.75) is 37.3 Å². The minimum Gasteiger partial charge on any atom is -0.394 e. The number of nitrogens with zero attached hydrogens (tertiary/aromatic N) is 2. The number of piperazine rings is 1. The maximum atomic E-state index is 13.8. The van der Waals surface area contributed by atoms with E-state index in [0.717, 1.165) is 5.56 Å². The summed E-state index contributed by atoms with van der Waals surface area (Å²) in [4.78, 5) is 16.0. The topological polar surface area (TPSA) is 90.0 Å². The number of aliphatic hydroxyl groups excluding tert-OH is 1. The molecule has 2 fully saturated rings. The minimum atomic E-state index is -3.14. The van der Waals surface area contributed by atoms with Gasteiger partial charge in [-0.1, -0.05) is 53.0 Å². The minimum absolute atomic E-state index is 0.0162. The Morgan fingerprint density at radius 1 is 1.14 bits per heavy atom. The molecule has 0 aliphatic carbocycles. The average Bonchev–Trinajstić information content (AvgIpc) is 3.17. The Morgan fingerprint density at radius 3 is 2.53 bits per heavy atom. The van der Waals surface area contributed by atoms with Crippen LogP contribution in [0.3, 0.4) is 0 Å². The number of hydrogen-bond donors (Lipinski definition) is 2. The molecule has 4 rings (SSSR count). The summed E-state index contributed by atoms with van der Waals surface area (Å²) in [6, 6.07) is 11.5. The van der Waals surface area contributed by atoms with E-state index in [0.29, 0.717) is 59.7 Å².